The molecule has 0 atom stereocenters. The summed E-state index contributed by atoms with van der Waals surface area (Å²) in [5, 5.41) is 0.969. The number of rotatable bonds is 2. The predicted molar refractivity (Wildman–Crippen MR) is 65.2 cm³/mol. The lowest BCUT2D eigenvalue weighted by Crippen LogP contribution is -1.92. The van der Waals surface area contributed by atoms with E-state index in [-0.39, 0.29) is 0 Å². The second-order valence-electron chi connectivity index (χ2n) is 3.09. The second kappa shape index (κ2) is 4.60. The van der Waals surface area contributed by atoms with Gasteiger partial charge >= 0.3 is 0 Å². The van der Waals surface area contributed by atoms with Crippen molar-refractivity contribution in [3.05, 3.63) is 46.7 Å². The Labute approximate surface area is 103 Å². The topological polar surface area (TPSA) is 48.1 Å². The third-order valence-electron chi connectivity index (χ3n) is 1.93. The van der Waals surface area contributed by atoms with Crippen molar-refractivity contribution in [2.45, 2.75) is 0 Å². The number of nitrogen functional groups attached to an aromatic ring is 1. The van der Waals surface area contributed by atoms with Gasteiger partial charge < -0.3 is 10.5 Å². The van der Waals surface area contributed by atoms with Gasteiger partial charge in [-0.1, -0.05) is 23.2 Å². The molecular weight excluding hydrogens is 247 g/mol. The van der Waals surface area contributed by atoms with Crippen molar-refractivity contribution >= 4 is 28.9 Å². The molecule has 1 heterocycles. The third-order valence-corrected chi connectivity index (χ3v) is 2.45. The number of nitrogens with zero attached hydrogens (tertiary/aromatic N) is 1. The van der Waals surface area contributed by atoms with E-state index < -0.39 is 0 Å². The summed E-state index contributed by atoms with van der Waals surface area (Å²) in [6, 6.07) is 6.65. The van der Waals surface area contributed by atoms with E-state index in [0.29, 0.717) is 27.2 Å². The molecular formula is C11H8Cl2N2O. The van der Waals surface area contributed by atoms with Gasteiger partial charge in [0.05, 0.1) is 5.69 Å². The van der Waals surface area contributed by atoms with Crippen molar-refractivity contribution in [3.8, 4) is 11.5 Å². The normalized spacial score (nSPS) is 10.1. The lowest BCUT2D eigenvalue weighted by molar-refractivity contribution is 0.484. The summed E-state index contributed by atoms with van der Waals surface area (Å²) in [7, 11) is 0. The number of nitrogens with two attached hydrogens (primary N) is 1. The van der Waals surface area contributed by atoms with Gasteiger partial charge in [0.2, 0.25) is 0 Å². The number of halogens is 2. The molecule has 0 aliphatic rings. The Morgan fingerprint density at radius 1 is 1.12 bits per heavy atom. The van der Waals surface area contributed by atoms with Crippen LogP contribution in [-0.4, -0.2) is 4.98 Å². The summed E-state index contributed by atoms with van der Waals surface area (Å²) in [5.41, 5.74) is 6.24. The van der Waals surface area contributed by atoms with Crippen LogP contribution in [0.15, 0.2) is 36.7 Å². The lowest BCUT2D eigenvalue weighted by Gasteiger charge is -2.09. The van der Waals surface area contributed by atoms with Crippen molar-refractivity contribution in [3.63, 3.8) is 0 Å². The first-order valence-electron chi connectivity index (χ1n) is 4.49. The molecule has 1 aromatic heterocycles. The molecule has 0 fully saturated rings. The standard InChI is InChI=1S/C11H8Cl2N2O/c12-7-1-2-9(14)11(5-7)16-10-3-4-15-6-8(10)13/h1-6H,14H2. The van der Waals surface area contributed by atoms with E-state index in [0.717, 1.165) is 0 Å². The number of benzene rings is 1. The minimum absolute atomic E-state index is 0.418. The van der Waals surface area contributed by atoms with Crippen LogP contribution < -0.4 is 10.5 Å². The molecule has 2 N–H and O–H groups in total. The highest BCUT2D eigenvalue weighted by Crippen LogP contribution is 2.33. The number of aromatic nitrogens is 1. The minimum atomic E-state index is 0.418. The molecule has 82 valence electrons. The van der Waals surface area contributed by atoms with E-state index in [2.05, 4.69) is 4.98 Å². The number of anilines is 1. The first-order valence-corrected chi connectivity index (χ1v) is 5.25. The summed E-state index contributed by atoms with van der Waals surface area (Å²) >= 11 is 11.7. The molecule has 0 aliphatic heterocycles. The Hall–Kier alpha value is -1.45. The largest absolute Gasteiger partial charge is 0.453 e. The van der Waals surface area contributed by atoms with Gasteiger partial charge in [0, 0.05) is 29.5 Å². The van der Waals surface area contributed by atoms with Crippen LogP contribution >= 0.6 is 23.2 Å². The molecule has 2 rings (SSSR count). The molecule has 0 unspecified atom stereocenters. The average molecular weight is 255 g/mol. The van der Waals surface area contributed by atoms with Crippen molar-refractivity contribution in [2.75, 3.05) is 5.73 Å². The second-order valence-corrected chi connectivity index (χ2v) is 3.93. The molecule has 16 heavy (non-hydrogen) atoms. The number of hydrogen-bond donors (Lipinski definition) is 1. The van der Waals surface area contributed by atoms with Crippen molar-refractivity contribution in [1.29, 1.82) is 0 Å². The molecule has 0 radical (unpaired) electrons. The molecule has 2 aromatic rings. The fourth-order valence-corrected chi connectivity index (χ4v) is 1.48. The molecule has 0 amide bonds. The highest BCUT2D eigenvalue weighted by molar-refractivity contribution is 6.32. The quantitative estimate of drug-likeness (QED) is 0.831. The number of pyridine rings is 1. The molecule has 1 aromatic carbocycles. The summed E-state index contributed by atoms with van der Waals surface area (Å²) in [6.07, 6.45) is 3.08. The Morgan fingerprint density at radius 3 is 2.69 bits per heavy atom. The summed E-state index contributed by atoms with van der Waals surface area (Å²) in [6.45, 7) is 0. The summed E-state index contributed by atoms with van der Waals surface area (Å²) in [5.74, 6) is 0.964. The fourth-order valence-electron chi connectivity index (χ4n) is 1.16. The predicted octanol–water partition coefficient (Wildman–Crippen LogP) is 3.76. The highest BCUT2D eigenvalue weighted by Gasteiger charge is 2.06. The zero-order valence-electron chi connectivity index (χ0n) is 8.15. The summed E-state index contributed by atoms with van der Waals surface area (Å²) < 4.78 is 5.54. The highest BCUT2D eigenvalue weighted by atomic mass is 35.5. The van der Waals surface area contributed by atoms with E-state index in [4.69, 9.17) is 33.7 Å². The number of hydrogen-bond acceptors (Lipinski definition) is 3. The van der Waals surface area contributed by atoms with E-state index in [1.807, 2.05) is 0 Å². The third kappa shape index (κ3) is 2.38. The zero-order valence-corrected chi connectivity index (χ0v) is 9.66. The molecule has 5 heteroatoms. The first kappa shape index (κ1) is 11.0. The molecule has 0 spiro atoms. The maximum absolute atomic E-state index is 5.90. The number of ether oxygens (including phenoxy) is 1. The Balaban J connectivity index is 2.34. The molecule has 0 saturated heterocycles. The van der Waals surface area contributed by atoms with Crippen LogP contribution in [0, 0.1) is 0 Å². The average Bonchev–Trinajstić information content (AvgIpc) is 2.27. The zero-order chi connectivity index (χ0) is 11.5. The smallest absolute Gasteiger partial charge is 0.151 e. The SMILES string of the molecule is Nc1ccc(Cl)cc1Oc1ccncc1Cl. The lowest BCUT2D eigenvalue weighted by atomic mass is 10.3. The van der Waals surface area contributed by atoms with Crippen LogP contribution in [0.3, 0.4) is 0 Å². The Kier molecular flexibility index (Phi) is 3.17. The van der Waals surface area contributed by atoms with Gasteiger partial charge in [-0.15, -0.1) is 0 Å². The van der Waals surface area contributed by atoms with Crippen molar-refractivity contribution in [2.24, 2.45) is 0 Å². The Morgan fingerprint density at radius 2 is 1.94 bits per heavy atom. The van der Waals surface area contributed by atoms with Gasteiger partial charge in [-0.3, -0.25) is 4.98 Å². The van der Waals surface area contributed by atoms with Gasteiger partial charge in [-0.25, -0.2) is 0 Å². The van der Waals surface area contributed by atoms with Gasteiger partial charge in [0.15, 0.2) is 5.75 Å². The van der Waals surface area contributed by atoms with Crippen LogP contribution in [0.4, 0.5) is 5.69 Å². The van der Waals surface area contributed by atoms with Crippen molar-refractivity contribution in [1.82, 2.24) is 4.98 Å². The molecule has 3 nitrogen and oxygen atoms in total. The maximum atomic E-state index is 5.90. The van der Waals surface area contributed by atoms with Crippen molar-refractivity contribution < 1.29 is 4.74 Å². The maximum Gasteiger partial charge on any atom is 0.151 e. The van der Waals surface area contributed by atoms with Crippen LogP contribution in [0.5, 0.6) is 11.5 Å². The van der Waals surface area contributed by atoms with Crippen LogP contribution in [0.2, 0.25) is 10.0 Å². The monoisotopic (exact) mass is 254 g/mol. The van der Waals surface area contributed by atoms with Gasteiger partial charge in [-0.2, -0.15) is 0 Å². The van der Waals surface area contributed by atoms with Crippen LogP contribution in [0.25, 0.3) is 0 Å². The van der Waals surface area contributed by atoms with E-state index in [1.165, 1.54) is 6.20 Å². The van der Waals surface area contributed by atoms with Crippen LogP contribution in [0.1, 0.15) is 0 Å². The van der Waals surface area contributed by atoms with Gasteiger partial charge in [-0.05, 0) is 12.1 Å². The van der Waals surface area contributed by atoms with E-state index in [9.17, 15) is 0 Å². The van der Waals surface area contributed by atoms with E-state index >= 15 is 0 Å². The molecule has 0 saturated carbocycles. The first-order chi connectivity index (χ1) is 7.66. The van der Waals surface area contributed by atoms with Gasteiger partial charge in [0.1, 0.15) is 10.8 Å². The minimum Gasteiger partial charge on any atom is -0.453 e. The fraction of sp³-hybridized carbons (Fsp3) is 0. The Bertz CT molecular complexity index is 517. The van der Waals surface area contributed by atoms with E-state index in [1.54, 1.807) is 30.5 Å². The summed E-state index contributed by atoms with van der Waals surface area (Å²) in [4.78, 5) is 3.86. The molecule has 0 aliphatic carbocycles. The van der Waals surface area contributed by atoms with Crippen LogP contribution in [-0.2, 0) is 0 Å². The molecule has 0 bridgehead atoms. The van der Waals surface area contributed by atoms with Gasteiger partial charge in [0.25, 0.3) is 0 Å².